The molecule has 110 valence electrons. The van der Waals surface area contributed by atoms with Crippen LogP contribution < -0.4 is 5.32 Å². The standard InChI is InChI=1S/C14H16I3NO2/c1-2-14(3-5-18-6-4-14)20-13(19)10-7-9(15)8-11(16)12(10)17/h7-8,18H,2-6H2,1H3. The molecule has 2 rings (SSSR count). The van der Waals surface area contributed by atoms with Crippen LogP contribution >= 0.6 is 67.8 Å². The number of nitrogens with one attached hydrogen (secondary N) is 1. The molecular weight excluding hydrogens is 595 g/mol. The second kappa shape index (κ2) is 7.40. The van der Waals surface area contributed by atoms with E-state index in [4.69, 9.17) is 4.74 Å². The molecule has 1 heterocycles. The summed E-state index contributed by atoms with van der Waals surface area (Å²) in [5.41, 5.74) is 0.395. The fraction of sp³-hybridized carbons (Fsp3) is 0.500. The maximum atomic E-state index is 12.5. The van der Waals surface area contributed by atoms with Gasteiger partial charge in [-0.15, -0.1) is 0 Å². The zero-order chi connectivity index (χ0) is 14.8. The second-order valence-electron chi connectivity index (χ2n) is 4.93. The lowest BCUT2D eigenvalue weighted by atomic mass is 9.89. The maximum absolute atomic E-state index is 12.5. The molecule has 0 aromatic heterocycles. The molecular formula is C14H16I3NO2. The number of halogens is 3. The van der Waals surface area contributed by atoms with E-state index >= 15 is 0 Å². The molecule has 0 aliphatic carbocycles. The van der Waals surface area contributed by atoms with Crippen LogP contribution in [0.2, 0.25) is 0 Å². The van der Waals surface area contributed by atoms with Crippen molar-refractivity contribution in [3.63, 3.8) is 0 Å². The van der Waals surface area contributed by atoms with Crippen molar-refractivity contribution < 1.29 is 9.53 Å². The van der Waals surface area contributed by atoms with Crippen molar-refractivity contribution in [1.82, 2.24) is 5.32 Å². The van der Waals surface area contributed by atoms with E-state index in [1.165, 1.54) is 0 Å². The van der Waals surface area contributed by atoms with Gasteiger partial charge in [0.15, 0.2) is 0 Å². The molecule has 1 saturated heterocycles. The van der Waals surface area contributed by atoms with E-state index in [9.17, 15) is 4.79 Å². The molecule has 0 bridgehead atoms. The van der Waals surface area contributed by atoms with E-state index in [-0.39, 0.29) is 11.6 Å². The molecule has 1 aliphatic heterocycles. The van der Waals surface area contributed by atoms with Gasteiger partial charge in [0.25, 0.3) is 0 Å². The Kier molecular flexibility index (Phi) is 6.37. The Balaban J connectivity index is 2.23. The Morgan fingerprint density at radius 3 is 2.55 bits per heavy atom. The van der Waals surface area contributed by atoms with Gasteiger partial charge in [0, 0.05) is 10.7 Å². The lowest BCUT2D eigenvalue weighted by Gasteiger charge is -2.36. The molecule has 1 aliphatic rings. The van der Waals surface area contributed by atoms with Crippen LogP contribution in [0.1, 0.15) is 36.5 Å². The minimum absolute atomic E-state index is 0.186. The predicted octanol–water partition coefficient (Wildman–Crippen LogP) is 4.19. The Bertz CT molecular complexity index is 513. The highest BCUT2D eigenvalue weighted by molar-refractivity contribution is 14.1. The summed E-state index contributed by atoms with van der Waals surface area (Å²) in [6.45, 7) is 3.94. The van der Waals surface area contributed by atoms with Crippen LogP contribution in [0.3, 0.4) is 0 Å². The van der Waals surface area contributed by atoms with Gasteiger partial charge in [-0.25, -0.2) is 4.79 Å². The van der Waals surface area contributed by atoms with Crippen LogP contribution in [0.4, 0.5) is 0 Å². The molecule has 1 aromatic carbocycles. The van der Waals surface area contributed by atoms with E-state index in [2.05, 4.69) is 86.1 Å². The second-order valence-corrected chi connectivity index (χ2v) is 8.41. The van der Waals surface area contributed by atoms with E-state index < -0.39 is 0 Å². The van der Waals surface area contributed by atoms with Gasteiger partial charge in [0.2, 0.25) is 0 Å². The summed E-state index contributed by atoms with van der Waals surface area (Å²) >= 11 is 6.73. The molecule has 20 heavy (non-hydrogen) atoms. The van der Waals surface area contributed by atoms with Crippen molar-refractivity contribution in [2.75, 3.05) is 13.1 Å². The number of hydrogen-bond acceptors (Lipinski definition) is 3. The Hall–Kier alpha value is 0.840. The number of rotatable bonds is 3. The number of carbonyl (C=O) groups is 1. The van der Waals surface area contributed by atoms with Gasteiger partial charge in [-0.05, 0) is 112 Å². The van der Waals surface area contributed by atoms with Gasteiger partial charge in [0.05, 0.1) is 5.56 Å². The average Bonchev–Trinajstić information content (AvgIpc) is 2.43. The van der Waals surface area contributed by atoms with Gasteiger partial charge in [-0.2, -0.15) is 0 Å². The molecule has 0 spiro atoms. The Labute approximate surface area is 160 Å². The first-order chi connectivity index (χ1) is 9.47. The monoisotopic (exact) mass is 611 g/mol. The van der Waals surface area contributed by atoms with Crippen LogP contribution in [-0.4, -0.2) is 24.7 Å². The normalized spacial score (nSPS) is 17.8. The zero-order valence-corrected chi connectivity index (χ0v) is 17.6. The van der Waals surface area contributed by atoms with Crippen molar-refractivity contribution in [2.24, 2.45) is 0 Å². The number of esters is 1. The summed E-state index contributed by atoms with van der Waals surface area (Å²) in [5, 5.41) is 3.32. The Morgan fingerprint density at radius 2 is 1.95 bits per heavy atom. The Morgan fingerprint density at radius 1 is 1.30 bits per heavy atom. The fourth-order valence-electron chi connectivity index (χ4n) is 2.37. The molecule has 0 saturated carbocycles. The molecule has 1 N–H and O–H groups in total. The molecule has 6 heteroatoms. The third-order valence-electron chi connectivity index (χ3n) is 3.68. The first-order valence-electron chi connectivity index (χ1n) is 6.56. The quantitative estimate of drug-likeness (QED) is 0.317. The highest BCUT2D eigenvalue weighted by Crippen LogP contribution is 2.30. The molecule has 1 aromatic rings. The fourth-order valence-corrected chi connectivity index (χ4v) is 4.74. The van der Waals surface area contributed by atoms with Gasteiger partial charge >= 0.3 is 5.97 Å². The van der Waals surface area contributed by atoms with Crippen LogP contribution in [0.25, 0.3) is 0 Å². The lowest BCUT2D eigenvalue weighted by molar-refractivity contribution is -0.0361. The molecule has 1 fully saturated rings. The highest BCUT2D eigenvalue weighted by atomic mass is 127. The van der Waals surface area contributed by atoms with Gasteiger partial charge in [-0.3, -0.25) is 0 Å². The summed E-state index contributed by atoms with van der Waals surface area (Å²) in [7, 11) is 0. The minimum Gasteiger partial charge on any atom is -0.455 e. The smallest absolute Gasteiger partial charge is 0.339 e. The van der Waals surface area contributed by atoms with Gasteiger partial charge in [-0.1, -0.05) is 6.92 Å². The largest absolute Gasteiger partial charge is 0.455 e. The van der Waals surface area contributed by atoms with Gasteiger partial charge in [0.1, 0.15) is 5.60 Å². The highest BCUT2D eigenvalue weighted by Gasteiger charge is 2.35. The third-order valence-corrected chi connectivity index (χ3v) is 7.35. The zero-order valence-electron chi connectivity index (χ0n) is 11.1. The van der Waals surface area contributed by atoms with Crippen LogP contribution in [0, 0.1) is 10.7 Å². The third kappa shape index (κ3) is 3.97. The van der Waals surface area contributed by atoms with Crippen LogP contribution in [-0.2, 0) is 4.74 Å². The summed E-state index contributed by atoms with van der Waals surface area (Å²) in [4.78, 5) is 12.5. The van der Waals surface area contributed by atoms with Crippen molar-refractivity contribution in [1.29, 1.82) is 0 Å². The summed E-state index contributed by atoms with van der Waals surface area (Å²) in [6.07, 6.45) is 2.66. The number of carbonyl (C=O) groups excluding carboxylic acids is 1. The average molecular weight is 611 g/mol. The topological polar surface area (TPSA) is 38.3 Å². The first kappa shape index (κ1) is 17.2. The van der Waals surface area contributed by atoms with Crippen LogP contribution in [0.5, 0.6) is 0 Å². The number of hydrogen-bond donors (Lipinski definition) is 1. The lowest BCUT2D eigenvalue weighted by Crippen LogP contribution is -2.45. The number of benzene rings is 1. The summed E-state index contributed by atoms with van der Waals surface area (Å²) in [5.74, 6) is -0.186. The van der Waals surface area contributed by atoms with Crippen LogP contribution in [0.15, 0.2) is 12.1 Å². The molecule has 3 nitrogen and oxygen atoms in total. The van der Waals surface area contributed by atoms with E-state index in [1.807, 2.05) is 6.07 Å². The van der Waals surface area contributed by atoms with Gasteiger partial charge < -0.3 is 10.1 Å². The first-order valence-corrected chi connectivity index (χ1v) is 9.80. The molecule has 0 amide bonds. The molecule has 0 atom stereocenters. The van der Waals surface area contributed by atoms with E-state index in [1.54, 1.807) is 0 Å². The van der Waals surface area contributed by atoms with E-state index in [0.29, 0.717) is 5.56 Å². The number of piperidine rings is 1. The summed E-state index contributed by atoms with van der Waals surface area (Å²) in [6, 6.07) is 3.98. The minimum atomic E-state index is -0.294. The van der Waals surface area contributed by atoms with E-state index in [0.717, 1.165) is 43.1 Å². The number of ether oxygens (including phenoxy) is 1. The van der Waals surface area contributed by atoms with Crippen molar-refractivity contribution in [3.8, 4) is 0 Å². The molecule has 0 radical (unpaired) electrons. The summed E-state index contributed by atoms with van der Waals surface area (Å²) < 4.78 is 9.06. The van der Waals surface area contributed by atoms with Crippen molar-refractivity contribution >= 4 is 73.7 Å². The van der Waals surface area contributed by atoms with Crippen molar-refractivity contribution in [3.05, 3.63) is 28.4 Å². The molecule has 0 unspecified atom stereocenters. The van der Waals surface area contributed by atoms with Crippen molar-refractivity contribution in [2.45, 2.75) is 31.8 Å². The predicted molar refractivity (Wildman–Crippen MR) is 105 cm³/mol. The maximum Gasteiger partial charge on any atom is 0.339 e. The SMILES string of the molecule is CCC1(OC(=O)c2cc(I)cc(I)c2I)CCNCC1.